The summed E-state index contributed by atoms with van der Waals surface area (Å²) in [5.41, 5.74) is 1.57. The van der Waals surface area contributed by atoms with Gasteiger partial charge in [0.25, 0.3) is 0 Å². The van der Waals surface area contributed by atoms with Crippen LogP contribution in [0.25, 0.3) is 0 Å². The quantitative estimate of drug-likeness (QED) is 0.689. The first-order valence-electron chi connectivity index (χ1n) is 6.57. The first-order valence-corrected chi connectivity index (χ1v) is 9.14. The fourth-order valence-corrected chi connectivity index (χ4v) is 5.13. The summed E-state index contributed by atoms with van der Waals surface area (Å²) in [7, 11) is 0. The molecule has 2 aliphatic rings. The van der Waals surface area contributed by atoms with Crippen LogP contribution in [0, 0.1) is 5.41 Å². The number of rotatable bonds is 1. The number of benzene rings is 1. The molecule has 0 amide bonds. The molecule has 0 bridgehead atoms. The number of amidine groups is 1. The summed E-state index contributed by atoms with van der Waals surface area (Å²) in [6, 6.07) is 6.10. The number of para-hydroxylation sites is 1. The largest absolute Gasteiger partial charge is 0.333 e. The zero-order chi connectivity index (χ0) is 13.3. The molecular weight excluding hydrogens is 388 g/mol. The number of nitrogens with zero attached hydrogens (tertiary/aromatic N) is 1. The Morgan fingerprint density at radius 2 is 1.84 bits per heavy atom. The van der Waals surface area contributed by atoms with Crippen LogP contribution in [0.15, 0.2) is 32.1 Å². The highest BCUT2D eigenvalue weighted by Crippen LogP contribution is 2.44. The molecule has 102 valence electrons. The lowest BCUT2D eigenvalue weighted by Gasteiger charge is -2.31. The SMILES string of the molecule is Brc1cccc(Br)c1NC1=NCC2(CCCC2)CS1. The van der Waals surface area contributed by atoms with Crippen LogP contribution in [0.4, 0.5) is 5.69 Å². The maximum absolute atomic E-state index is 4.77. The van der Waals surface area contributed by atoms with Crippen molar-refractivity contribution in [3.8, 4) is 0 Å². The van der Waals surface area contributed by atoms with Crippen LogP contribution in [0.5, 0.6) is 0 Å². The molecule has 1 aliphatic carbocycles. The summed E-state index contributed by atoms with van der Waals surface area (Å²) in [5, 5.41) is 4.49. The van der Waals surface area contributed by atoms with Crippen molar-refractivity contribution in [2.45, 2.75) is 25.7 Å². The number of hydrogen-bond donors (Lipinski definition) is 1. The predicted octanol–water partition coefficient (Wildman–Crippen LogP) is 5.29. The first-order chi connectivity index (χ1) is 9.19. The van der Waals surface area contributed by atoms with E-state index in [2.05, 4.69) is 37.2 Å². The van der Waals surface area contributed by atoms with Crippen LogP contribution in [0.2, 0.25) is 0 Å². The molecule has 0 saturated heterocycles. The minimum absolute atomic E-state index is 0.501. The standard InChI is InChI=1S/C14H16Br2N2S/c15-10-4-3-5-11(16)12(10)18-13-17-8-14(9-19-13)6-1-2-7-14/h3-5H,1-2,6-9H2,(H,17,18). The summed E-state index contributed by atoms with van der Waals surface area (Å²) >= 11 is 9.02. The number of hydrogen-bond acceptors (Lipinski definition) is 3. The highest BCUT2D eigenvalue weighted by molar-refractivity contribution is 9.11. The van der Waals surface area contributed by atoms with Crippen LogP contribution in [-0.4, -0.2) is 17.5 Å². The van der Waals surface area contributed by atoms with Crippen molar-refractivity contribution in [3.05, 3.63) is 27.1 Å². The Labute approximate surface area is 135 Å². The zero-order valence-corrected chi connectivity index (χ0v) is 14.6. The van der Waals surface area contributed by atoms with Gasteiger partial charge in [0.1, 0.15) is 0 Å². The van der Waals surface area contributed by atoms with E-state index in [1.165, 1.54) is 31.4 Å². The smallest absolute Gasteiger partial charge is 0.161 e. The molecule has 1 spiro atoms. The Balaban J connectivity index is 1.73. The van der Waals surface area contributed by atoms with Gasteiger partial charge in [0.2, 0.25) is 0 Å². The van der Waals surface area contributed by atoms with Crippen LogP contribution in [0.3, 0.4) is 0 Å². The van der Waals surface area contributed by atoms with E-state index in [4.69, 9.17) is 4.99 Å². The van der Waals surface area contributed by atoms with Crippen molar-refractivity contribution in [1.29, 1.82) is 0 Å². The van der Waals surface area contributed by atoms with Gasteiger partial charge in [-0.2, -0.15) is 0 Å². The first kappa shape index (κ1) is 14.0. The van der Waals surface area contributed by atoms with E-state index < -0.39 is 0 Å². The molecule has 0 unspecified atom stereocenters. The molecule has 1 aliphatic heterocycles. The number of nitrogens with one attached hydrogen (secondary N) is 1. The third kappa shape index (κ3) is 3.03. The second-order valence-corrected chi connectivity index (χ2v) is 8.01. The fourth-order valence-electron chi connectivity index (χ4n) is 2.78. The molecule has 19 heavy (non-hydrogen) atoms. The Bertz CT molecular complexity index is 490. The summed E-state index contributed by atoms with van der Waals surface area (Å²) in [6.07, 6.45) is 5.48. The lowest BCUT2D eigenvalue weighted by Crippen LogP contribution is -2.30. The topological polar surface area (TPSA) is 24.4 Å². The van der Waals surface area contributed by atoms with Crippen LogP contribution >= 0.6 is 43.6 Å². The maximum Gasteiger partial charge on any atom is 0.161 e. The van der Waals surface area contributed by atoms with Gasteiger partial charge < -0.3 is 5.32 Å². The number of thioether (sulfide) groups is 1. The van der Waals surface area contributed by atoms with Gasteiger partial charge in [-0.15, -0.1) is 0 Å². The van der Waals surface area contributed by atoms with Crippen molar-refractivity contribution in [1.82, 2.24) is 0 Å². The van der Waals surface area contributed by atoms with Gasteiger partial charge in [-0.1, -0.05) is 30.7 Å². The number of aliphatic imine (C=N–C) groups is 1. The van der Waals surface area contributed by atoms with Crippen molar-refractivity contribution in [2.75, 3.05) is 17.6 Å². The molecule has 1 aromatic rings. The lowest BCUT2D eigenvalue weighted by molar-refractivity contribution is 0.359. The normalized spacial score (nSPS) is 21.5. The van der Waals surface area contributed by atoms with E-state index in [0.717, 1.165) is 26.3 Å². The average Bonchev–Trinajstić information content (AvgIpc) is 2.85. The van der Waals surface area contributed by atoms with Gasteiger partial charge >= 0.3 is 0 Å². The van der Waals surface area contributed by atoms with E-state index in [0.29, 0.717) is 5.41 Å². The number of halogens is 2. The maximum atomic E-state index is 4.77. The molecule has 3 rings (SSSR count). The van der Waals surface area contributed by atoms with Gasteiger partial charge in [-0.3, -0.25) is 4.99 Å². The molecule has 5 heteroatoms. The van der Waals surface area contributed by atoms with Gasteiger partial charge in [0.15, 0.2) is 5.17 Å². The van der Waals surface area contributed by atoms with Gasteiger partial charge in [-0.25, -0.2) is 0 Å². The molecule has 1 heterocycles. The summed E-state index contributed by atoms with van der Waals surface area (Å²) in [4.78, 5) is 4.77. The Morgan fingerprint density at radius 3 is 2.42 bits per heavy atom. The van der Waals surface area contributed by atoms with Gasteiger partial charge in [0.05, 0.1) is 5.69 Å². The third-order valence-corrected chi connectivity index (χ3v) is 6.52. The molecule has 1 aromatic carbocycles. The molecule has 2 nitrogen and oxygen atoms in total. The van der Waals surface area contributed by atoms with Crippen LogP contribution in [-0.2, 0) is 0 Å². The zero-order valence-electron chi connectivity index (χ0n) is 10.6. The predicted molar refractivity (Wildman–Crippen MR) is 91.1 cm³/mol. The van der Waals surface area contributed by atoms with Crippen LogP contribution in [0.1, 0.15) is 25.7 Å². The van der Waals surface area contributed by atoms with E-state index >= 15 is 0 Å². The second-order valence-electron chi connectivity index (χ2n) is 5.34. The van der Waals surface area contributed by atoms with Crippen molar-refractivity contribution >= 4 is 54.5 Å². The monoisotopic (exact) mass is 402 g/mol. The Morgan fingerprint density at radius 1 is 1.16 bits per heavy atom. The second kappa shape index (κ2) is 5.78. The van der Waals surface area contributed by atoms with Gasteiger partial charge in [-0.05, 0) is 62.2 Å². The molecular formula is C14H16Br2N2S. The van der Waals surface area contributed by atoms with Gasteiger partial charge in [0, 0.05) is 21.2 Å². The lowest BCUT2D eigenvalue weighted by atomic mass is 9.89. The molecule has 1 fully saturated rings. The highest BCUT2D eigenvalue weighted by atomic mass is 79.9. The summed E-state index contributed by atoms with van der Waals surface area (Å²) in [5.74, 6) is 1.21. The minimum Gasteiger partial charge on any atom is -0.333 e. The van der Waals surface area contributed by atoms with E-state index in [9.17, 15) is 0 Å². The average molecular weight is 404 g/mol. The molecule has 0 atom stereocenters. The minimum atomic E-state index is 0.501. The van der Waals surface area contributed by atoms with E-state index in [-0.39, 0.29) is 0 Å². The molecule has 1 saturated carbocycles. The van der Waals surface area contributed by atoms with E-state index in [1.54, 1.807) is 0 Å². The Hall–Kier alpha value is -0.000000000000000111. The molecule has 1 N–H and O–H groups in total. The third-order valence-electron chi connectivity index (χ3n) is 3.93. The fraction of sp³-hybridized carbons (Fsp3) is 0.500. The molecule has 0 radical (unpaired) electrons. The number of anilines is 1. The van der Waals surface area contributed by atoms with Crippen molar-refractivity contribution in [3.63, 3.8) is 0 Å². The van der Waals surface area contributed by atoms with Crippen molar-refractivity contribution < 1.29 is 0 Å². The summed E-state index contributed by atoms with van der Waals surface area (Å²) < 4.78 is 2.12. The van der Waals surface area contributed by atoms with E-state index in [1.807, 2.05) is 30.0 Å². The Kier molecular flexibility index (Phi) is 4.25. The van der Waals surface area contributed by atoms with Crippen LogP contribution < -0.4 is 5.32 Å². The van der Waals surface area contributed by atoms with Crippen molar-refractivity contribution in [2.24, 2.45) is 10.4 Å². The highest BCUT2D eigenvalue weighted by Gasteiger charge is 2.36. The molecule has 0 aromatic heterocycles. The summed E-state index contributed by atoms with van der Waals surface area (Å²) in [6.45, 7) is 0.990.